The van der Waals surface area contributed by atoms with E-state index in [9.17, 15) is 26.4 Å². The van der Waals surface area contributed by atoms with Gasteiger partial charge in [-0.15, -0.1) is 0 Å². The molecule has 0 saturated carbocycles. The number of nitrogens with zero attached hydrogens (tertiary/aromatic N) is 4. The summed E-state index contributed by atoms with van der Waals surface area (Å²) in [6, 6.07) is 8.34. The summed E-state index contributed by atoms with van der Waals surface area (Å²) in [4.78, 5) is 26.7. The lowest BCUT2D eigenvalue weighted by molar-refractivity contribution is -0.141. The Morgan fingerprint density at radius 3 is 2.41 bits per heavy atom. The zero-order valence-electron chi connectivity index (χ0n) is 20.5. The van der Waals surface area contributed by atoms with E-state index in [1.807, 2.05) is 13.8 Å². The van der Waals surface area contributed by atoms with E-state index < -0.39 is 33.7 Å². The molecule has 0 fully saturated rings. The van der Waals surface area contributed by atoms with E-state index in [2.05, 4.69) is 9.97 Å². The Hall–Kier alpha value is -3.54. The van der Waals surface area contributed by atoms with Crippen LogP contribution in [0.4, 0.5) is 19.1 Å². The number of alkyl halides is 3. The molecule has 4 rings (SSSR count). The predicted molar refractivity (Wildman–Crippen MR) is 131 cm³/mol. The van der Waals surface area contributed by atoms with Crippen LogP contribution in [0.2, 0.25) is 0 Å². The smallest absolute Gasteiger partial charge is 0.366 e. The largest absolute Gasteiger partial charge is 0.433 e. The molecule has 1 aliphatic rings. The number of hydrogen-bond donors (Lipinski definition) is 1. The number of aromatic nitrogens is 3. The second-order valence-electron chi connectivity index (χ2n) is 9.17. The molecule has 8 nitrogen and oxygen atoms in total. The number of rotatable bonds is 7. The maximum Gasteiger partial charge on any atom is 0.433 e. The van der Waals surface area contributed by atoms with Gasteiger partial charge in [0.1, 0.15) is 5.69 Å². The molecular weight excluding hydrogens is 507 g/mol. The number of benzene rings is 1. The number of carbonyl (C=O) groups excluding carboxylic acids is 1. The van der Waals surface area contributed by atoms with Crippen molar-refractivity contribution < 1.29 is 26.4 Å². The molecule has 1 unspecified atom stereocenters. The van der Waals surface area contributed by atoms with E-state index in [0.717, 1.165) is 17.8 Å². The van der Waals surface area contributed by atoms with Gasteiger partial charge in [-0.25, -0.2) is 18.4 Å². The number of sulfone groups is 1. The number of primary amides is 1. The molecule has 3 aromatic rings. The molecule has 0 aliphatic carbocycles. The first kappa shape index (κ1) is 26.5. The van der Waals surface area contributed by atoms with Crippen LogP contribution in [0.1, 0.15) is 65.4 Å². The highest BCUT2D eigenvalue weighted by atomic mass is 32.2. The Kier molecular flexibility index (Phi) is 6.97. The normalized spacial score (nSPS) is 15.8. The van der Waals surface area contributed by atoms with Gasteiger partial charge in [-0.3, -0.25) is 9.78 Å². The summed E-state index contributed by atoms with van der Waals surface area (Å²) in [6.45, 7) is 5.56. The lowest BCUT2D eigenvalue weighted by Crippen LogP contribution is -2.28. The van der Waals surface area contributed by atoms with Gasteiger partial charge < -0.3 is 10.6 Å². The quantitative estimate of drug-likeness (QED) is 0.486. The second kappa shape index (κ2) is 9.73. The van der Waals surface area contributed by atoms with Crippen molar-refractivity contribution in [3.05, 3.63) is 76.4 Å². The average Bonchev–Trinajstić information content (AvgIpc) is 3.22. The Labute approximate surface area is 212 Å². The summed E-state index contributed by atoms with van der Waals surface area (Å²) in [5, 5.41) is 0. The summed E-state index contributed by atoms with van der Waals surface area (Å²) in [5.74, 6) is -0.864. The summed E-state index contributed by atoms with van der Waals surface area (Å²) in [5.41, 5.74) is 7.18. The van der Waals surface area contributed by atoms with Crippen LogP contribution in [-0.2, 0) is 29.0 Å². The summed E-state index contributed by atoms with van der Waals surface area (Å²) in [6.07, 6.45) is -3.33. The van der Waals surface area contributed by atoms with Crippen molar-refractivity contribution in [1.29, 1.82) is 0 Å². The van der Waals surface area contributed by atoms with Crippen molar-refractivity contribution in [1.82, 2.24) is 15.0 Å². The molecule has 1 amide bonds. The lowest BCUT2D eigenvalue weighted by atomic mass is 9.97. The fourth-order valence-electron chi connectivity index (χ4n) is 4.46. The Morgan fingerprint density at radius 1 is 1.16 bits per heavy atom. The molecule has 2 N–H and O–H groups in total. The maximum absolute atomic E-state index is 13.3. The Morgan fingerprint density at radius 2 is 1.84 bits per heavy atom. The van der Waals surface area contributed by atoms with Crippen molar-refractivity contribution in [2.75, 3.05) is 10.7 Å². The first-order valence-corrected chi connectivity index (χ1v) is 13.3. The number of anilines is 1. The van der Waals surface area contributed by atoms with Crippen molar-refractivity contribution in [2.45, 2.75) is 50.9 Å². The van der Waals surface area contributed by atoms with E-state index in [1.54, 1.807) is 30.0 Å². The van der Waals surface area contributed by atoms with Crippen molar-refractivity contribution in [3.8, 4) is 0 Å². The molecule has 1 atom stereocenters. The summed E-state index contributed by atoms with van der Waals surface area (Å²) >= 11 is 0. The van der Waals surface area contributed by atoms with Crippen LogP contribution in [0.3, 0.4) is 0 Å². The molecule has 0 radical (unpaired) electrons. The van der Waals surface area contributed by atoms with Gasteiger partial charge >= 0.3 is 6.18 Å². The summed E-state index contributed by atoms with van der Waals surface area (Å²) in [7, 11) is -3.36. The molecule has 3 heterocycles. The van der Waals surface area contributed by atoms with Gasteiger partial charge in [-0.1, -0.05) is 32.9 Å². The number of amides is 1. The van der Waals surface area contributed by atoms with Crippen molar-refractivity contribution >= 4 is 21.7 Å². The third-order valence-electron chi connectivity index (χ3n) is 6.29. The minimum Gasteiger partial charge on any atom is -0.366 e. The van der Waals surface area contributed by atoms with Crippen LogP contribution in [0.25, 0.3) is 0 Å². The van der Waals surface area contributed by atoms with Crippen molar-refractivity contribution in [2.24, 2.45) is 11.7 Å². The fourth-order valence-corrected chi connectivity index (χ4v) is 5.34. The van der Waals surface area contributed by atoms with Gasteiger partial charge in [0.2, 0.25) is 5.95 Å². The zero-order valence-corrected chi connectivity index (χ0v) is 21.3. The molecule has 0 spiro atoms. The molecular formula is C25H26F3N5O3S. The van der Waals surface area contributed by atoms with Crippen LogP contribution in [0, 0.1) is 5.92 Å². The third kappa shape index (κ3) is 5.29. The minimum absolute atomic E-state index is 0.0206. The summed E-state index contributed by atoms with van der Waals surface area (Å²) < 4.78 is 64.1. The monoisotopic (exact) mass is 533 g/mol. The Balaban J connectivity index is 1.74. The SMILES string of the molecule is CCS(=O)(=O)c1ccc(Cc2nc3c(cc2C(N)=O)CN(c2nccc(C(F)(F)F)n2)C3C(C)C)cc1. The Bertz CT molecular complexity index is 1440. The average molecular weight is 534 g/mol. The fraction of sp³-hybridized carbons (Fsp3) is 0.360. The van der Waals surface area contributed by atoms with Gasteiger partial charge in [0, 0.05) is 19.2 Å². The number of hydrogen-bond acceptors (Lipinski definition) is 7. The van der Waals surface area contributed by atoms with Crippen LogP contribution >= 0.6 is 0 Å². The lowest BCUT2D eigenvalue weighted by Gasteiger charge is -2.28. The van der Waals surface area contributed by atoms with Gasteiger partial charge in [0.05, 0.1) is 33.6 Å². The third-order valence-corrected chi connectivity index (χ3v) is 8.04. The van der Waals surface area contributed by atoms with Crippen LogP contribution in [-0.4, -0.2) is 35.0 Å². The highest BCUT2D eigenvalue weighted by Gasteiger charge is 2.39. The molecule has 0 saturated heterocycles. The highest BCUT2D eigenvalue weighted by molar-refractivity contribution is 7.91. The van der Waals surface area contributed by atoms with E-state index in [4.69, 9.17) is 10.7 Å². The van der Waals surface area contributed by atoms with E-state index in [-0.39, 0.29) is 41.0 Å². The maximum atomic E-state index is 13.3. The topological polar surface area (TPSA) is 119 Å². The molecule has 1 aromatic carbocycles. The van der Waals surface area contributed by atoms with Crippen LogP contribution in [0.15, 0.2) is 47.5 Å². The van der Waals surface area contributed by atoms with Gasteiger partial charge in [-0.05, 0) is 41.3 Å². The van der Waals surface area contributed by atoms with Crippen LogP contribution in [0.5, 0.6) is 0 Å². The van der Waals surface area contributed by atoms with E-state index in [0.29, 0.717) is 17.0 Å². The zero-order chi connectivity index (χ0) is 27.1. The highest BCUT2D eigenvalue weighted by Crippen LogP contribution is 2.41. The van der Waals surface area contributed by atoms with E-state index >= 15 is 0 Å². The number of carbonyl (C=O) groups is 1. The van der Waals surface area contributed by atoms with Gasteiger partial charge in [-0.2, -0.15) is 13.2 Å². The molecule has 196 valence electrons. The molecule has 12 heteroatoms. The second-order valence-corrected chi connectivity index (χ2v) is 11.5. The number of halogens is 3. The first-order valence-electron chi connectivity index (χ1n) is 11.6. The van der Waals surface area contributed by atoms with Gasteiger partial charge in [0.15, 0.2) is 9.84 Å². The minimum atomic E-state index is -4.62. The molecule has 37 heavy (non-hydrogen) atoms. The van der Waals surface area contributed by atoms with Crippen molar-refractivity contribution in [3.63, 3.8) is 0 Å². The number of fused-ring (bicyclic) bond motifs is 1. The standard InChI is InChI=1S/C25H26F3N5O3S/c1-4-37(35,36)17-7-5-15(6-8-17)11-19-18(23(29)34)12-16-13-33(22(14(2)3)21(16)31-19)24-30-10-9-20(32-24)25(26,27)28/h5-10,12,14,22H,4,11,13H2,1-3H3,(H2,29,34). The van der Waals surface area contributed by atoms with E-state index in [1.165, 1.54) is 12.1 Å². The molecule has 1 aliphatic heterocycles. The first-order chi connectivity index (χ1) is 17.3. The predicted octanol–water partition coefficient (Wildman–Crippen LogP) is 4.09. The van der Waals surface area contributed by atoms with Gasteiger partial charge in [0.25, 0.3) is 5.91 Å². The van der Waals surface area contributed by atoms with Crippen LogP contribution < -0.4 is 10.6 Å². The number of nitrogens with two attached hydrogens (primary N) is 1. The number of pyridine rings is 1. The molecule has 0 bridgehead atoms. The molecule has 2 aromatic heterocycles.